The minimum Gasteiger partial charge on any atom is -0.508 e. The van der Waals surface area contributed by atoms with Gasteiger partial charge in [0.25, 0.3) is 0 Å². The minimum absolute atomic E-state index is 0.157. The Bertz CT molecular complexity index is 641. The maximum Gasteiger partial charge on any atom is 0.314 e. The number of hydrogen-bond donors (Lipinski definition) is 3. The molecule has 0 fully saturated rings. The van der Waals surface area contributed by atoms with E-state index in [0.29, 0.717) is 13.1 Å². The molecule has 0 saturated carbocycles. The summed E-state index contributed by atoms with van der Waals surface area (Å²) in [4.78, 5) is 11.8. The van der Waals surface area contributed by atoms with Crippen LogP contribution in [0.15, 0.2) is 48.5 Å². The van der Waals surface area contributed by atoms with Crippen LogP contribution in [0.1, 0.15) is 17.5 Å². The standard InChI is InChI=1S/C19H24N2O3/c1-24-18-7-3-2-6-16(18)12-14-21-19(23)20-13-4-5-15-8-10-17(22)11-9-15/h2-3,6-11,22H,4-5,12-14H2,1H3,(H2,20,21,23). The summed E-state index contributed by atoms with van der Waals surface area (Å²) in [6.45, 7) is 1.17. The van der Waals surface area contributed by atoms with E-state index >= 15 is 0 Å². The van der Waals surface area contributed by atoms with Crippen LogP contribution in [0.5, 0.6) is 11.5 Å². The lowest BCUT2D eigenvalue weighted by Crippen LogP contribution is -2.37. The summed E-state index contributed by atoms with van der Waals surface area (Å²) in [5.74, 6) is 1.11. The molecule has 0 unspecified atom stereocenters. The summed E-state index contributed by atoms with van der Waals surface area (Å²) in [6.07, 6.45) is 2.44. The average molecular weight is 328 g/mol. The predicted octanol–water partition coefficient (Wildman–Crippen LogP) is 2.88. The first-order chi connectivity index (χ1) is 11.7. The highest BCUT2D eigenvalue weighted by molar-refractivity contribution is 5.73. The van der Waals surface area contributed by atoms with Crippen LogP contribution in [-0.4, -0.2) is 31.3 Å². The van der Waals surface area contributed by atoms with Gasteiger partial charge in [0.2, 0.25) is 0 Å². The second-order valence-corrected chi connectivity index (χ2v) is 5.51. The Morgan fingerprint density at radius 3 is 2.46 bits per heavy atom. The SMILES string of the molecule is COc1ccccc1CCNC(=O)NCCCc1ccc(O)cc1. The zero-order valence-corrected chi connectivity index (χ0v) is 13.9. The number of rotatable bonds is 8. The molecule has 0 atom stereocenters. The van der Waals surface area contributed by atoms with Gasteiger partial charge < -0.3 is 20.5 Å². The van der Waals surface area contributed by atoms with Crippen molar-refractivity contribution in [3.8, 4) is 11.5 Å². The molecule has 5 heteroatoms. The van der Waals surface area contributed by atoms with Crippen LogP contribution in [-0.2, 0) is 12.8 Å². The normalized spacial score (nSPS) is 10.2. The van der Waals surface area contributed by atoms with Gasteiger partial charge >= 0.3 is 6.03 Å². The number of nitrogens with one attached hydrogen (secondary N) is 2. The van der Waals surface area contributed by atoms with Crippen LogP contribution in [0.3, 0.4) is 0 Å². The maximum atomic E-state index is 11.8. The molecule has 128 valence electrons. The number of aromatic hydroxyl groups is 1. The molecule has 2 aromatic rings. The molecule has 0 aliphatic heterocycles. The van der Waals surface area contributed by atoms with Crippen molar-refractivity contribution in [2.75, 3.05) is 20.2 Å². The zero-order chi connectivity index (χ0) is 17.2. The van der Waals surface area contributed by atoms with Crippen molar-refractivity contribution >= 4 is 6.03 Å². The van der Waals surface area contributed by atoms with Gasteiger partial charge in [0, 0.05) is 13.1 Å². The van der Waals surface area contributed by atoms with Crippen LogP contribution in [0, 0.1) is 0 Å². The third kappa shape index (κ3) is 5.83. The molecule has 2 aromatic carbocycles. The molecular formula is C19H24N2O3. The van der Waals surface area contributed by atoms with Crippen LogP contribution in [0.2, 0.25) is 0 Å². The van der Waals surface area contributed by atoms with Crippen molar-refractivity contribution in [1.82, 2.24) is 10.6 Å². The summed E-state index contributed by atoms with van der Waals surface area (Å²) < 4.78 is 5.29. The molecule has 3 N–H and O–H groups in total. The summed E-state index contributed by atoms with van der Waals surface area (Å²) >= 11 is 0. The summed E-state index contributed by atoms with van der Waals surface area (Å²) in [7, 11) is 1.65. The number of hydrogen-bond acceptors (Lipinski definition) is 3. The van der Waals surface area contributed by atoms with Crippen molar-refractivity contribution in [2.45, 2.75) is 19.3 Å². The van der Waals surface area contributed by atoms with Crippen molar-refractivity contribution in [2.24, 2.45) is 0 Å². The Labute approximate surface area is 142 Å². The van der Waals surface area contributed by atoms with Gasteiger partial charge in [-0.25, -0.2) is 4.79 Å². The Kier molecular flexibility index (Phi) is 6.95. The molecule has 0 spiro atoms. The number of para-hydroxylation sites is 1. The quantitative estimate of drug-likeness (QED) is 0.653. The Morgan fingerprint density at radius 1 is 1.00 bits per heavy atom. The number of methoxy groups -OCH3 is 1. The van der Waals surface area contributed by atoms with Crippen LogP contribution >= 0.6 is 0 Å². The minimum atomic E-state index is -0.157. The van der Waals surface area contributed by atoms with Crippen molar-refractivity contribution in [3.63, 3.8) is 0 Å². The van der Waals surface area contributed by atoms with Gasteiger partial charge in [0.15, 0.2) is 0 Å². The van der Waals surface area contributed by atoms with Gasteiger partial charge in [-0.1, -0.05) is 30.3 Å². The topological polar surface area (TPSA) is 70.6 Å². The lowest BCUT2D eigenvalue weighted by molar-refractivity contribution is 0.241. The predicted molar refractivity (Wildman–Crippen MR) is 94.5 cm³/mol. The first-order valence-corrected chi connectivity index (χ1v) is 8.10. The molecule has 0 aliphatic rings. The molecule has 2 amide bonds. The largest absolute Gasteiger partial charge is 0.508 e. The molecule has 0 aliphatic carbocycles. The van der Waals surface area contributed by atoms with E-state index in [4.69, 9.17) is 4.74 Å². The van der Waals surface area contributed by atoms with Gasteiger partial charge in [-0.2, -0.15) is 0 Å². The molecule has 24 heavy (non-hydrogen) atoms. The van der Waals surface area contributed by atoms with Crippen LogP contribution in [0.4, 0.5) is 4.79 Å². The molecule has 0 heterocycles. The first kappa shape index (κ1) is 17.7. The number of carbonyl (C=O) groups is 1. The fourth-order valence-electron chi connectivity index (χ4n) is 2.44. The maximum absolute atomic E-state index is 11.8. The second-order valence-electron chi connectivity index (χ2n) is 5.51. The highest BCUT2D eigenvalue weighted by atomic mass is 16.5. The number of ether oxygens (including phenoxy) is 1. The van der Waals surface area contributed by atoms with E-state index in [1.54, 1.807) is 19.2 Å². The number of amides is 2. The fourth-order valence-corrected chi connectivity index (χ4v) is 2.44. The molecule has 0 radical (unpaired) electrons. The third-order valence-electron chi connectivity index (χ3n) is 3.74. The van der Waals surface area contributed by atoms with E-state index in [1.165, 1.54) is 0 Å². The molecule has 0 bridgehead atoms. The smallest absolute Gasteiger partial charge is 0.314 e. The molecule has 0 aromatic heterocycles. The molecule has 5 nitrogen and oxygen atoms in total. The van der Waals surface area contributed by atoms with E-state index in [2.05, 4.69) is 10.6 Å². The van der Waals surface area contributed by atoms with E-state index < -0.39 is 0 Å². The average Bonchev–Trinajstić information content (AvgIpc) is 2.60. The zero-order valence-electron chi connectivity index (χ0n) is 13.9. The van der Waals surface area contributed by atoms with E-state index in [1.807, 2.05) is 36.4 Å². The Morgan fingerprint density at radius 2 is 1.71 bits per heavy atom. The fraction of sp³-hybridized carbons (Fsp3) is 0.316. The van der Waals surface area contributed by atoms with Crippen molar-refractivity contribution < 1.29 is 14.6 Å². The van der Waals surface area contributed by atoms with Gasteiger partial charge in [-0.15, -0.1) is 0 Å². The van der Waals surface area contributed by atoms with Crippen LogP contribution < -0.4 is 15.4 Å². The second kappa shape index (κ2) is 9.45. The number of phenolic OH excluding ortho intramolecular Hbond substituents is 1. The summed E-state index contributed by atoms with van der Waals surface area (Å²) in [5, 5.41) is 14.9. The lowest BCUT2D eigenvalue weighted by Gasteiger charge is -2.10. The number of aryl methyl sites for hydroxylation is 1. The molecular weight excluding hydrogens is 304 g/mol. The number of carbonyl (C=O) groups excluding carboxylic acids is 1. The van der Waals surface area contributed by atoms with Gasteiger partial charge in [-0.3, -0.25) is 0 Å². The van der Waals surface area contributed by atoms with E-state index in [0.717, 1.165) is 36.1 Å². The monoisotopic (exact) mass is 328 g/mol. The number of urea groups is 1. The lowest BCUT2D eigenvalue weighted by atomic mass is 10.1. The Balaban J connectivity index is 1.60. The highest BCUT2D eigenvalue weighted by Crippen LogP contribution is 2.17. The van der Waals surface area contributed by atoms with Crippen LogP contribution in [0.25, 0.3) is 0 Å². The van der Waals surface area contributed by atoms with Gasteiger partial charge in [0.05, 0.1) is 7.11 Å². The van der Waals surface area contributed by atoms with Gasteiger partial charge in [-0.05, 0) is 48.6 Å². The van der Waals surface area contributed by atoms with E-state index in [-0.39, 0.29) is 11.8 Å². The number of phenols is 1. The highest BCUT2D eigenvalue weighted by Gasteiger charge is 2.03. The van der Waals surface area contributed by atoms with Crippen molar-refractivity contribution in [1.29, 1.82) is 0 Å². The summed E-state index contributed by atoms with van der Waals surface area (Å²) in [6, 6.07) is 14.8. The van der Waals surface area contributed by atoms with E-state index in [9.17, 15) is 9.90 Å². The molecule has 2 rings (SSSR count). The van der Waals surface area contributed by atoms with Gasteiger partial charge in [0.1, 0.15) is 11.5 Å². The molecule has 0 saturated heterocycles. The van der Waals surface area contributed by atoms with Crippen molar-refractivity contribution in [3.05, 3.63) is 59.7 Å². The first-order valence-electron chi connectivity index (χ1n) is 8.10. The summed E-state index contributed by atoms with van der Waals surface area (Å²) in [5.41, 5.74) is 2.22. The number of benzene rings is 2. The third-order valence-corrected chi connectivity index (χ3v) is 3.74. The Hall–Kier alpha value is -2.69.